The predicted octanol–water partition coefficient (Wildman–Crippen LogP) is 2.18. The Bertz CT molecular complexity index is 991. The number of aryl methyl sites for hydroxylation is 2. The molecule has 0 aliphatic rings. The van der Waals surface area contributed by atoms with Crippen molar-refractivity contribution >= 4 is 16.8 Å². The van der Waals surface area contributed by atoms with Gasteiger partial charge < -0.3 is 10.1 Å². The molecule has 2 aromatic carbocycles. The number of aromatic nitrogens is 2. The molecular weight excluding hydrogens is 318 g/mol. The van der Waals surface area contributed by atoms with Crippen LogP contribution in [0.25, 0.3) is 10.9 Å². The maximum absolute atomic E-state index is 12.6. The van der Waals surface area contributed by atoms with E-state index in [2.05, 4.69) is 10.4 Å². The van der Waals surface area contributed by atoms with Gasteiger partial charge in [0.15, 0.2) is 5.69 Å². The van der Waals surface area contributed by atoms with Crippen molar-refractivity contribution < 1.29 is 9.53 Å². The lowest BCUT2D eigenvalue weighted by Crippen LogP contribution is -2.31. The first-order chi connectivity index (χ1) is 12.0. The van der Waals surface area contributed by atoms with Crippen molar-refractivity contribution in [1.82, 2.24) is 15.1 Å². The number of hydrogen-bond donors (Lipinski definition) is 1. The fraction of sp³-hybridized carbons (Fsp3) is 0.211. The van der Waals surface area contributed by atoms with Crippen LogP contribution in [-0.2, 0) is 13.6 Å². The van der Waals surface area contributed by atoms with Crippen molar-refractivity contribution in [1.29, 1.82) is 0 Å². The Morgan fingerprint density at radius 2 is 1.92 bits per heavy atom. The van der Waals surface area contributed by atoms with E-state index >= 15 is 0 Å². The molecule has 0 atom stereocenters. The second kappa shape index (κ2) is 6.76. The Morgan fingerprint density at radius 3 is 2.60 bits per heavy atom. The molecule has 25 heavy (non-hydrogen) atoms. The highest BCUT2D eigenvalue weighted by Crippen LogP contribution is 2.12. The fourth-order valence-corrected chi connectivity index (χ4v) is 2.65. The van der Waals surface area contributed by atoms with Crippen LogP contribution in [0.4, 0.5) is 0 Å². The molecule has 0 fully saturated rings. The van der Waals surface area contributed by atoms with Crippen LogP contribution < -0.4 is 15.5 Å². The molecule has 1 aromatic heterocycles. The molecule has 0 unspecified atom stereocenters. The standard InChI is InChI=1S/C19H19N3O3/c1-12-4-9-16-15(10-12)18(23)17(21-22(16)2)19(24)20-11-13-5-7-14(25-3)8-6-13/h4-10H,11H2,1-3H3,(H,20,24). The minimum atomic E-state index is -0.486. The monoisotopic (exact) mass is 337 g/mol. The van der Waals surface area contributed by atoms with Gasteiger partial charge in [-0.25, -0.2) is 0 Å². The molecule has 3 aromatic rings. The quantitative estimate of drug-likeness (QED) is 0.792. The number of amides is 1. The van der Waals surface area contributed by atoms with Crippen LogP contribution in [0.5, 0.6) is 5.75 Å². The van der Waals surface area contributed by atoms with Gasteiger partial charge in [-0.2, -0.15) is 5.10 Å². The van der Waals surface area contributed by atoms with Crippen LogP contribution in [0.1, 0.15) is 21.6 Å². The fourth-order valence-electron chi connectivity index (χ4n) is 2.65. The molecule has 0 aliphatic heterocycles. The van der Waals surface area contributed by atoms with Crippen LogP contribution in [-0.4, -0.2) is 22.8 Å². The number of methoxy groups -OCH3 is 1. The van der Waals surface area contributed by atoms with Crippen molar-refractivity contribution in [3.05, 3.63) is 69.5 Å². The first-order valence-corrected chi connectivity index (χ1v) is 7.88. The zero-order valence-electron chi connectivity index (χ0n) is 14.4. The first-order valence-electron chi connectivity index (χ1n) is 7.88. The third kappa shape index (κ3) is 3.38. The van der Waals surface area contributed by atoms with E-state index in [0.717, 1.165) is 16.9 Å². The zero-order valence-corrected chi connectivity index (χ0v) is 14.4. The molecule has 0 saturated carbocycles. The molecule has 0 bridgehead atoms. The number of hydrogen-bond acceptors (Lipinski definition) is 4. The summed E-state index contributed by atoms with van der Waals surface area (Å²) < 4.78 is 6.66. The Morgan fingerprint density at radius 1 is 1.20 bits per heavy atom. The third-order valence-corrected chi connectivity index (χ3v) is 4.04. The molecule has 0 spiro atoms. The van der Waals surface area contributed by atoms with E-state index in [4.69, 9.17) is 4.74 Å². The summed E-state index contributed by atoms with van der Waals surface area (Å²) >= 11 is 0. The highest BCUT2D eigenvalue weighted by molar-refractivity contribution is 5.95. The number of carbonyl (C=O) groups excluding carboxylic acids is 1. The first kappa shape index (κ1) is 16.7. The van der Waals surface area contributed by atoms with E-state index in [9.17, 15) is 9.59 Å². The summed E-state index contributed by atoms with van der Waals surface area (Å²) in [6.45, 7) is 2.21. The summed E-state index contributed by atoms with van der Waals surface area (Å²) in [6, 6.07) is 12.9. The van der Waals surface area contributed by atoms with Crippen molar-refractivity contribution in [3.8, 4) is 5.75 Å². The van der Waals surface area contributed by atoms with Gasteiger partial charge in [-0.1, -0.05) is 23.8 Å². The normalized spacial score (nSPS) is 10.7. The van der Waals surface area contributed by atoms with Gasteiger partial charge in [-0.3, -0.25) is 14.3 Å². The lowest BCUT2D eigenvalue weighted by atomic mass is 10.1. The Labute approximate surface area is 145 Å². The molecule has 3 rings (SSSR count). The van der Waals surface area contributed by atoms with Gasteiger partial charge >= 0.3 is 0 Å². The Hall–Kier alpha value is -3.15. The summed E-state index contributed by atoms with van der Waals surface area (Å²) in [7, 11) is 3.32. The Kier molecular flexibility index (Phi) is 4.52. The summed E-state index contributed by atoms with van der Waals surface area (Å²) in [6.07, 6.45) is 0. The van der Waals surface area contributed by atoms with E-state index in [1.165, 1.54) is 0 Å². The zero-order chi connectivity index (χ0) is 18.0. The van der Waals surface area contributed by atoms with E-state index in [-0.39, 0.29) is 11.1 Å². The van der Waals surface area contributed by atoms with Crippen molar-refractivity contribution in [3.63, 3.8) is 0 Å². The molecule has 128 valence electrons. The summed E-state index contributed by atoms with van der Waals surface area (Å²) in [5.74, 6) is 0.260. The number of nitrogens with one attached hydrogen (secondary N) is 1. The van der Waals surface area contributed by atoms with Crippen LogP contribution in [0.2, 0.25) is 0 Å². The maximum atomic E-state index is 12.6. The molecule has 1 N–H and O–H groups in total. The smallest absolute Gasteiger partial charge is 0.276 e. The van der Waals surface area contributed by atoms with E-state index < -0.39 is 5.91 Å². The largest absolute Gasteiger partial charge is 0.497 e. The third-order valence-electron chi connectivity index (χ3n) is 4.04. The molecular formula is C19H19N3O3. The minimum Gasteiger partial charge on any atom is -0.497 e. The van der Waals surface area contributed by atoms with Gasteiger partial charge in [0.1, 0.15) is 5.75 Å². The van der Waals surface area contributed by atoms with Crippen LogP contribution >= 0.6 is 0 Å². The molecule has 0 radical (unpaired) electrons. The topological polar surface area (TPSA) is 73.2 Å². The molecule has 1 amide bonds. The number of ether oxygens (including phenoxy) is 1. The van der Waals surface area contributed by atoms with Crippen molar-refractivity contribution in [2.75, 3.05) is 7.11 Å². The predicted molar refractivity (Wildman–Crippen MR) is 95.9 cm³/mol. The number of carbonyl (C=O) groups is 1. The van der Waals surface area contributed by atoms with E-state index in [1.807, 2.05) is 43.3 Å². The summed E-state index contributed by atoms with van der Waals surface area (Å²) in [5.41, 5.74) is 2.10. The molecule has 6 nitrogen and oxygen atoms in total. The minimum absolute atomic E-state index is 0.103. The molecule has 6 heteroatoms. The van der Waals surface area contributed by atoms with Crippen molar-refractivity contribution in [2.24, 2.45) is 7.05 Å². The van der Waals surface area contributed by atoms with Gasteiger partial charge in [-0.15, -0.1) is 0 Å². The second-order valence-electron chi connectivity index (χ2n) is 5.85. The average molecular weight is 337 g/mol. The van der Waals surface area contributed by atoms with Gasteiger partial charge in [0.05, 0.1) is 18.0 Å². The van der Waals surface area contributed by atoms with Crippen molar-refractivity contribution in [2.45, 2.75) is 13.5 Å². The number of fused-ring (bicyclic) bond motifs is 1. The highest BCUT2D eigenvalue weighted by Gasteiger charge is 2.16. The SMILES string of the molecule is COc1ccc(CNC(=O)c2nn(C)c3ccc(C)cc3c2=O)cc1. The van der Waals surface area contributed by atoms with E-state index in [1.54, 1.807) is 24.9 Å². The summed E-state index contributed by atoms with van der Waals surface area (Å²) in [4.78, 5) is 25.0. The average Bonchev–Trinajstić information content (AvgIpc) is 2.63. The lowest BCUT2D eigenvalue weighted by molar-refractivity contribution is 0.0943. The highest BCUT2D eigenvalue weighted by atomic mass is 16.5. The van der Waals surface area contributed by atoms with E-state index in [0.29, 0.717) is 17.4 Å². The number of benzene rings is 2. The lowest BCUT2D eigenvalue weighted by Gasteiger charge is -2.09. The molecule has 0 saturated heterocycles. The van der Waals surface area contributed by atoms with Gasteiger partial charge in [0.25, 0.3) is 5.91 Å². The van der Waals surface area contributed by atoms with Crippen LogP contribution in [0, 0.1) is 6.92 Å². The maximum Gasteiger partial charge on any atom is 0.276 e. The number of nitrogens with zero attached hydrogens (tertiary/aromatic N) is 2. The molecule has 1 heterocycles. The van der Waals surface area contributed by atoms with Gasteiger partial charge in [-0.05, 0) is 36.8 Å². The van der Waals surface area contributed by atoms with Gasteiger partial charge in [0, 0.05) is 13.6 Å². The second-order valence-corrected chi connectivity index (χ2v) is 5.85. The van der Waals surface area contributed by atoms with Crippen LogP contribution in [0.3, 0.4) is 0 Å². The summed E-state index contributed by atoms with van der Waals surface area (Å²) in [5, 5.41) is 7.38. The van der Waals surface area contributed by atoms with Crippen LogP contribution in [0.15, 0.2) is 47.3 Å². The number of rotatable bonds is 4. The molecule has 0 aliphatic carbocycles. The van der Waals surface area contributed by atoms with Gasteiger partial charge in [0.2, 0.25) is 5.43 Å². The Balaban J connectivity index is 1.86.